The Balaban J connectivity index is 1.99. The van der Waals surface area contributed by atoms with Crippen LogP contribution in [0.25, 0.3) is 0 Å². The van der Waals surface area contributed by atoms with Gasteiger partial charge in [0.25, 0.3) is 0 Å². The molecular formula is C16H30N2O2. The van der Waals surface area contributed by atoms with Gasteiger partial charge in [0, 0.05) is 12.1 Å². The molecule has 0 aromatic rings. The number of hydrogen-bond acceptors (Lipinski definition) is 4. The van der Waals surface area contributed by atoms with Crippen LogP contribution in [0.5, 0.6) is 0 Å². The summed E-state index contributed by atoms with van der Waals surface area (Å²) >= 11 is 0. The monoisotopic (exact) mass is 282 g/mol. The first-order chi connectivity index (χ1) is 9.46. The average molecular weight is 282 g/mol. The Morgan fingerprint density at radius 3 is 2.60 bits per heavy atom. The minimum Gasteiger partial charge on any atom is -0.468 e. The van der Waals surface area contributed by atoms with Gasteiger partial charge in [0.05, 0.1) is 7.11 Å². The Kier molecular flexibility index (Phi) is 5.08. The zero-order valence-electron chi connectivity index (χ0n) is 13.2. The van der Waals surface area contributed by atoms with E-state index in [1.807, 2.05) is 0 Å². The number of esters is 1. The maximum Gasteiger partial charge on any atom is 0.325 e. The Labute approximate surface area is 123 Å². The highest BCUT2D eigenvalue weighted by molar-refractivity contribution is 5.80. The Morgan fingerprint density at radius 2 is 2.05 bits per heavy atom. The highest BCUT2D eigenvalue weighted by atomic mass is 16.5. The van der Waals surface area contributed by atoms with Crippen molar-refractivity contribution in [3.63, 3.8) is 0 Å². The molecule has 4 heteroatoms. The lowest BCUT2D eigenvalue weighted by Gasteiger charge is -2.41. The van der Waals surface area contributed by atoms with Crippen molar-refractivity contribution in [3.8, 4) is 0 Å². The molecule has 4 nitrogen and oxygen atoms in total. The normalized spacial score (nSPS) is 30.8. The topological polar surface area (TPSA) is 55.6 Å². The zero-order valence-corrected chi connectivity index (χ0v) is 13.2. The maximum atomic E-state index is 11.9. The van der Waals surface area contributed by atoms with E-state index in [9.17, 15) is 4.79 Å². The summed E-state index contributed by atoms with van der Waals surface area (Å²) in [6.45, 7) is 5.69. The smallest absolute Gasteiger partial charge is 0.325 e. The summed E-state index contributed by atoms with van der Waals surface area (Å²) in [7, 11) is 1.44. The zero-order chi connectivity index (χ0) is 14.8. The molecule has 2 saturated carbocycles. The third-order valence-corrected chi connectivity index (χ3v) is 4.80. The van der Waals surface area contributed by atoms with E-state index < -0.39 is 5.54 Å². The molecule has 2 aliphatic rings. The van der Waals surface area contributed by atoms with Crippen LogP contribution in [-0.2, 0) is 9.53 Å². The van der Waals surface area contributed by atoms with E-state index in [1.165, 1.54) is 32.8 Å². The minimum atomic E-state index is -0.761. The fourth-order valence-corrected chi connectivity index (χ4v) is 3.43. The summed E-state index contributed by atoms with van der Waals surface area (Å²) in [4.78, 5) is 14.6. The molecule has 0 heterocycles. The number of nitrogens with two attached hydrogens (primary N) is 1. The van der Waals surface area contributed by atoms with Gasteiger partial charge < -0.3 is 10.5 Å². The van der Waals surface area contributed by atoms with Crippen molar-refractivity contribution in [1.29, 1.82) is 0 Å². The number of carbonyl (C=O) groups excluding carboxylic acids is 1. The van der Waals surface area contributed by atoms with Gasteiger partial charge in [0.1, 0.15) is 5.54 Å². The molecule has 2 atom stereocenters. The molecule has 2 aliphatic carbocycles. The predicted molar refractivity (Wildman–Crippen MR) is 80.4 cm³/mol. The van der Waals surface area contributed by atoms with Gasteiger partial charge in [0.15, 0.2) is 0 Å². The molecule has 0 aromatic carbocycles. The van der Waals surface area contributed by atoms with Gasteiger partial charge >= 0.3 is 5.97 Å². The van der Waals surface area contributed by atoms with E-state index in [2.05, 4.69) is 18.7 Å². The summed E-state index contributed by atoms with van der Waals surface area (Å²) in [6, 6.07) is 1.19. The van der Waals surface area contributed by atoms with Crippen molar-refractivity contribution in [3.05, 3.63) is 0 Å². The first kappa shape index (κ1) is 15.8. The number of rotatable bonds is 6. The molecule has 0 radical (unpaired) electrons. The number of methoxy groups -OCH3 is 1. The lowest BCUT2D eigenvalue weighted by molar-refractivity contribution is -0.149. The number of nitrogens with zero attached hydrogens (tertiary/aromatic N) is 1. The van der Waals surface area contributed by atoms with E-state index in [0.717, 1.165) is 37.8 Å². The second-order valence-electron chi connectivity index (χ2n) is 7.05. The van der Waals surface area contributed by atoms with E-state index in [4.69, 9.17) is 10.5 Å². The van der Waals surface area contributed by atoms with Crippen molar-refractivity contribution in [1.82, 2.24) is 4.90 Å². The molecule has 0 aliphatic heterocycles. The van der Waals surface area contributed by atoms with E-state index in [-0.39, 0.29) is 5.97 Å². The van der Waals surface area contributed by atoms with Crippen LogP contribution >= 0.6 is 0 Å². The van der Waals surface area contributed by atoms with Crippen molar-refractivity contribution >= 4 is 5.97 Å². The summed E-state index contributed by atoms with van der Waals surface area (Å²) in [5, 5.41) is 0. The minimum absolute atomic E-state index is 0.234. The van der Waals surface area contributed by atoms with Crippen molar-refractivity contribution in [2.75, 3.05) is 13.7 Å². The Morgan fingerprint density at radius 1 is 1.35 bits per heavy atom. The fraction of sp³-hybridized carbons (Fsp3) is 0.938. The Hall–Kier alpha value is -0.610. The molecule has 2 N–H and O–H groups in total. The van der Waals surface area contributed by atoms with E-state index in [0.29, 0.717) is 6.04 Å². The van der Waals surface area contributed by atoms with Crippen LogP contribution in [0, 0.1) is 5.92 Å². The molecule has 0 saturated heterocycles. The molecule has 2 rings (SSSR count). The molecule has 0 aromatic heterocycles. The number of carbonyl (C=O) groups is 1. The van der Waals surface area contributed by atoms with Crippen LogP contribution in [0.3, 0.4) is 0 Å². The highest BCUT2D eigenvalue weighted by Gasteiger charge is 2.44. The van der Waals surface area contributed by atoms with E-state index >= 15 is 0 Å². The molecule has 2 fully saturated rings. The van der Waals surface area contributed by atoms with Crippen molar-refractivity contribution in [2.24, 2.45) is 11.7 Å². The lowest BCUT2D eigenvalue weighted by atomic mass is 9.79. The van der Waals surface area contributed by atoms with Crippen LogP contribution in [0.1, 0.15) is 58.8 Å². The first-order valence-corrected chi connectivity index (χ1v) is 8.09. The van der Waals surface area contributed by atoms with Crippen LogP contribution in [0.4, 0.5) is 0 Å². The van der Waals surface area contributed by atoms with Crippen LogP contribution in [0.2, 0.25) is 0 Å². The van der Waals surface area contributed by atoms with Gasteiger partial charge in [-0.25, -0.2) is 0 Å². The standard InChI is InChI=1S/C16H30N2O2/c1-12(2)8-10-18(13-6-7-13)14-5-4-9-16(17,11-14)15(19)20-3/h12-14H,4-11,17H2,1-3H3. The summed E-state index contributed by atoms with van der Waals surface area (Å²) in [6.07, 6.45) is 7.57. The average Bonchev–Trinajstić information content (AvgIpc) is 3.22. The lowest BCUT2D eigenvalue weighted by Crippen LogP contribution is -2.56. The highest BCUT2D eigenvalue weighted by Crippen LogP contribution is 2.37. The van der Waals surface area contributed by atoms with Crippen molar-refractivity contribution < 1.29 is 9.53 Å². The summed E-state index contributed by atoms with van der Waals surface area (Å²) in [5.41, 5.74) is 5.56. The summed E-state index contributed by atoms with van der Waals surface area (Å²) in [5.74, 6) is 0.491. The summed E-state index contributed by atoms with van der Waals surface area (Å²) < 4.78 is 4.91. The first-order valence-electron chi connectivity index (χ1n) is 8.09. The van der Waals surface area contributed by atoms with Gasteiger partial charge in [-0.05, 0) is 57.4 Å². The molecule has 2 unspecified atom stereocenters. The van der Waals surface area contributed by atoms with Gasteiger partial charge in [-0.2, -0.15) is 0 Å². The molecule has 0 spiro atoms. The molecule has 0 bridgehead atoms. The molecule has 116 valence electrons. The predicted octanol–water partition coefficient (Wildman–Crippen LogP) is 2.31. The van der Waals surface area contributed by atoms with Crippen LogP contribution < -0.4 is 5.73 Å². The molecule has 20 heavy (non-hydrogen) atoms. The quantitative estimate of drug-likeness (QED) is 0.760. The second kappa shape index (κ2) is 6.44. The maximum absolute atomic E-state index is 11.9. The molecular weight excluding hydrogens is 252 g/mol. The van der Waals surface area contributed by atoms with Crippen LogP contribution in [-0.4, -0.2) is 42.1 Å². The van der Waals surface area contributed by atoms with Gasteiger partial charge in [-0.1, -0.05) is 13.8 Å². The van der Waals surface area contributed by atoms with Crippen molar-refractivity contribution in [2.45, 2.75) is 76.4 Å². The largest absolute Gasteiger partial charge is 0.468 e. The second-order valence-corrected chi connectivity index (χ2v) is 7.05. The van der Waals surface area contributed by atoms with Gasteiger partial charge in [-0.3, -0.25) is 9.69 Å². The SMILES string of the molecule is COC(=O)C1(N)CCCC(N(CCC(C)C)C2CC2)C1. The van der Waals surface area contributed by atoms with E-state index in [1.54, 1.807) is 0 Å². The number of ether oxygens (including phenoxy) is 1. The van der Waals surface area contributed by atoms with Crippen LogP contribution in [0.15, 0.2) is 0 Å². The Bertz CT molecular complexity index is 341. The third kappa shape index (κ3) is 3.73. The van der Waals surface area contributed by atoms with Gasteiger partial charge in [0.2, 0.25) is 0 Å². The fourth-order valence-electron chi connectivity index (χ4n) is 3.43. The van der Waals surface area contributed by atoms with Gasteiger partial charge in [-0.15, -0.1) is 0 Å². The third-order valence-electron chi connectivity index (χ3n) is 4.80. The molecule has 0 amide bonds. The number of hydrogen-bond donors (Lipinski definition) is 1.